The third kappa shape index (κ3) is 4.91. The van der Waals surface area contributed by atoms with Gasteiger partial charge < -0.3 is 15.5 Å². The van der Waals surface area contributed by atoms with E-state index in [-0.39, 0.29) is 17.3 Å². The lowest BCUT2D eigenvalue weighted by Gasteiger charge is -2.27. The molecule has 8 heteroatoms. The predicted octanol–water partition coefficient (Wildman–Crippen LogP) is 2.64. The van der Waals surface area contributed by atoms with Crippen LogP contribution in [0.4, 0.5) is 11.4 Å². The van der Waals surface area contributed by atoms with Crippen molar-refractivity contribution in [2.45, 2.75) is 55.9 Å². The van der Waals surface area contributed by atoms with E-state index in [1.165, 1.54) is 25.7 Å². The normalized spacial score (nSPS) is 20.2. The van der Waals surface area contributed by atoms with Crippen LogP contribution in [-0.4, -0.2) is 58.4 Å². The number of hydrogen-bond donors (Lipinski definition) is 2. The Morgan fingerprint density at radius 1 is 1.10 bits per heavy atom. The molecule has 2 aliphatic carbocycles. The summed E-state index contributed by atoms with van der Waals surface area (Å²) in [7, 11) is 0.308. The molecule has 0 spiro atoms. The van der Waals surface area contributed by atoms with Gasteiger partial charge in [0, 0.05) is 33.2 Å². The number of piperidine rings is 1. The highest BCUT2D eigenvalue weighted by Crippen LogP contribution is 2.44. The molecule has 0 aromatic heterocycles. The van der Waals surface area contributed by atoms with E-state index >= 15 is 0 Å². The molecule has 0 bridgehead atoms. The molecule has 2 saturated carbocycles. The van der Waals surface area contributed by atoms with E-state index in [1.54, 1.807) is 16.4 Å². The Morgan fingerprint density at radius 2 is 1.73 bits per heavy atom. The van der Waals surface area contributed by atoms with Crippen molar-refractivity contribution in [2.75, 3.05) is 43.9 Å². The first-order valence-electron chi connectivity index (χ1n) is 11.2. The summed E-state index contributed by atoms with van der Waals surface area (Å²) in [6, 6.07) is 5.47. The fourth-order valence-corrected chi connectivity index (χ4v) is 5.95. The molecule has 0 atom stereocenters. The molecule has 1 aromatic carbocycles. The lowest BCUT2D eigenvalue weighted by molar-refractivity contribution is -0.120. The van der Waals surface area contributed by atoms with Crippen molar-refractivity contribution < 1.29 is 13.2 Å². The summed E-state index contributed by atoms with van der Waals surface area (Å²) in [6.07, 6.45) is 7.77. The van der Waals surface area contributed by atoms with E-state index in [1.807, 2.05) is 25.1 Å². The predicted molar refractivity (Wildman–Crippen MR) is 119 cm³/mol. The van der Waals surface area contributed by atoms with Gasteiger partial charge in [-0.15, -0.1) is 0 Å². The van der Waals surface area contributed by atoms with E-state index in [0.717, 1.165) is 24.9 Å². The highest BCUT2D eigenvalue weighted by atomic mass is 32.2. The molecule has 2 N–H and O–H groups in total. The number of rotatable bonds is 9. The maximum atomic E-state index is 13.1. The molecule has 1 heterocycles. The molecule has 3 fully saturated rings. The summed E-state index contributed by atoms with van der Waals surface area (Å²) in [6.45, 7) is 1.29. The van der Waals surface area contributed by atoms with Crippen LogP contribution in [0.2, 0.25) is 0 Å². The zero-order valence-electron chi connectivity index (χ0n) is 18.1. The number of nitrogens with zero attached hydrogens (tertiary/aromatic N) is 2. The van der Waals surface area contributed by atoms with Gasteiger partial charge in [-0.1, -0.05) is 6.42 Å². The summed E-state index contributed by atoms with van der Waals surface area (Å²) in [4.78, 5) is 14.8. The van der Waals surface area contributed by atoms with Crippen LogP contribution in [-0.2, 0) is 14.8 Å². The zero-order valence-corrected chi connectivity index (χ0v) is 18.9. The number of hydrogen-bond acceptors (Lipinski definition) is 5. The number of benzene rings is 1. The molecule has 4 rings (SSSR count). The topological polar surface area (TPSA) is 81.8 Å². The van der Waals surface area contributed by atoms with Crippen molar-refractivity contribution >= 4 is 27.3 Å². The molecular formula is C22H34N4O3S. The first-order valence-corrected chi connectivity index (χ1v) is 12.6. The first kappa shape index (κ1) is 21.4. The van der Waals surface area contributed by atoms with Crippen LogP contribution in [0, 0.1) is 11.8 Å². The molecule has 166 valence electrons. The molecule has 0 unspecified atom stereocenters. The van der Waals surface area contributed by atoms with E-state index in [4.69, 9.17) is 0 Å². The van der Waals surface area contributed by atoms with Gasteiger partial charge in [0.15, 0.2) is 0 Å². The molecule has 7 nitrogen and oxygen atoms in total. The Hall–Kier alpha value is -1.80. The van der Waals surface area contributed by atoms with Crippen LogP contribution < -0.4 is 15.5 Å². The highest BCUT2D eigenvalue weighted by molar-refractivity contribution is 7.89. The van der Waals surface area contributed by atoms with Gasteiger partial charge >= 0.3 is 0 Å². The minimum Gasteiger partial charge on any atom is -0.376 e. The van der Waals surface area contributed by atoms with Crippen molar-refractivity contribution in [3.05, 3.63) is 18.2 Å². The summed E-state index contributed by atoms with van der Waals surface area (Å²) in [5.74, 6) is 1.28. The molecule has 1 aliphatic heterocycles. The second-order valence-electron chi connectivity index (χ2n) is 9.16. The molecule has 1 amide bonds. The van der Waals surface area contributed by atoms with Crippen LogP contribution >= 0.6 is 0 Å². The van der Waals surface area contributed by atoms with Crippen LogP contribution in [0.25, 0.3) is 0 Å². The molecule has 0 radical (unpaired) electrons. The number of sulfonamides is 1. The van der Waals surface area contributed by atoms with Crippen LogP contribution in [0.5, 0.6) is 0 Å². The molecule has 3 aliphatic rings. The minimum atomic E-state index is -3.52. The SMILES string of the molecule is CN(C)c1ccc(S(=O)(=O)N2CCCCC2)cc1NCC(=O)NC(C1CC1)C1CC1. The lowest BCUT2D eigenvalue weighted by atomic mass is 10.1. The van der Waals surface area contributed by atoms with Crippen molar-refractivity contribution in [2.24, 2.45) is 11.8 Å². The lowest BCUT2D eigenvalue weighted by Crippen LogP contribution is -2.41. The summed E-state index contributed by atoms with van der Waals surface area (Å²) < 4.78 is 27.7. The molecule has 1 aromatic rings. The number of nitrogens with one attached hydrogen (secondary N) is 2. The average Bonchev–Trinajstić information content (AvgIpc) is 3.64. The van der Waals surface area contributed by atoms with Gasteiger partial charge in [-0.3, -0.25) is 4.79 Å². The van der Waals surface area contributed by atoms with Gasteiger partial charge in [-0.2, -0.15) is 4.31 Å². The summed E-state index contributed by atoms with van der Waals surface area (Å²) in [5.41, 5.74) is 1.53. The smallest absolute Gasteiger partial charge is 0.243 e. The number of anilines is 2. The fraction of sp³-hybridized carbons (Fsp3) is 0.682. The van der Waals surface area contributed by atoms with Crippen LogP contribution in [0.15, 0.2) is 23.1 Å². The van der Waals surface area contributed by atoms with E-state index < -0.39 is 10.0 Å². The Bertz CT molecular complexity index is 860. The van der Waals surface area contributed by atoms with Gasteiger partial charge in [-0.25, -0.2) is 8.42 Å². The Morgan fingerprint density at radius 3 is 2.30 bits per heavy atom. The largest absolute Gasteiger partial charge is 0.376 e. The monoisotopic (exact) mass is 434 g/mol. The number of carbonyl (C=O) groups excluding carboxylic acids is 1. The van der Waals surface area contributed by atoms with Crippen LogP contribution in [0.1, 0.15) is 44.9 Å². The van der Waals surface area contributed by atoms with Crippen molar-refractivity contribution in [1.82, 2.24) is 9.62 Å². The summed E-state index contributed by atoms with van der Waals surface area (Å²) in [5, 5.41) is 6.41. The maximum Gasteiger partial charge on any atom is 0.243 e. The van der Waals surface area contributed by atoms with Crippen molar-refractivity contribution in [3.8, 4) is 0 Å². The van der Waals surface area contributed by atoms with Gasteiger partial charge in [0.25, 0.3) is 0 Å². The average molecular weight is 435 g/mol. The Balaban J connectivity index is 1.46. The quantitative estimate of drug-likeness (QED) is 0.624. The fourth-order valence-electron chi connectivity index (χ4n) is 4.41. The number of amides is 1. The summed E-state index contributed by atoms with van der Waals surface area (Å²) >= 11 is 0. The Labute approximate surface area is 180 Å². The minimum absolute atomic E-state index is 0.0206. The standard InChI is InChI=1S/C22H34N4O3S/c1-25(2)20-11-10-18(30(28,29)26-12-4-3-5-13-26)14-19(20)23-15-21(27)24-22(16-6-7-16)17-8-9-17/h10-11,14,16-17,22-23H,3-9,12-13,15H2,1-2H3,(H,24,27). The van der Waals surface area contributed by atoms with Gasteiger partial charge in [0.2, 0.25) is 15.9 Å². The molecule has 1 saturated heterocycles. The highest BCUT2D eigenvalue weighted by Gasteiger charge is 2.42. The van der Waals surface area contributed by atoms with Crippen molar-refractivity contribution in [3.63, 3.8) is 0 Å². The zero-order chi connectivity index (χ0) is 21.3. The molecular weight excluding hydrogens is 400 g/mol. The first-order chi connectivity index (χ1) is 14.4. The van der Waals surface area contributed by atoms with Gasteiger partial charge in [0.05, 0.1) is 22.8 Å². The molecule has 30 heavy (non-hydrogen) atoms. The second kappa shape index (κ2) is 8.75. The van der Waals surface area contributed by atoms with Crippen LogP contribution in [0.3, 0.4) is 0 Å². The van der Waals surface area contributed by atoms with E-state index in [9.17, 15) is 13.2 Å². The van der Waals surface area contributed by atoms with E-state index in [2.05, 4.69) is 10.6 Å². The third-order valence-corrected chi connectivity index (χ3v) is 8.32. The van der Waals surface area contributed by atoms with E-state index in [0.29, 0.717) is 36.7 Å². The van der Waals surface area contributed by atoms with Gasteiger partial charge in [0.1, 0.15) is 0 Å². The van der Waals surface area contributed by atoms with Gasteiger partial charge in [-0.05, 0) is 68.6 Å². The second-order valence-corrected chi connectivity index (χ2v) is 11.1. The maximum absolute atomic E-state index is 13.1. The number of carbonyl (C=O) groups is 1. The third-order valence-electron chi connectivity index (χ3n) is 6.43. The Kier molecular flexibility index (Phi) is 6.25. The van der Waals surface area contributed by atoms with Crippen molar-refractivity contribution in [1.29, 1.82) is 0 Å².